The van der Waals surface area contributed by atoms with Crippen LogP contribution in [0, 0.1) is 25.5 Å². The molecule has 0 radical (unpaired) electrons. The highest BCUT2D eigenvalue weighted by Crippen LogP contribution is 2.27. The molecule has 2 aromatic carbocycles. The van der Waals surface area contributed by atoms with Gasteiger partial charge in [0.05, 0.1) is 10.6 Å². The molecule has 0 saturated heterocycles. The lowest BCUT2D eigenvalue weighted by Gasteiger charge is -2.15. The van der Waals surface area contributed by atoms with E-state index in [9.17, 15) is 13.9 Å². The molecule has 106 valence electrons. The Morgan fingerprint density at radius 1 is 1.10 bits per heavy atom. The molecular weight excluding hydrogens is 326 g/mol. The topological polar surface area (TPSA) is 20.2 Å². The molecule has 1 atom stereocenters. The molecular formula is C16H15BrF2O. The van der Waals surface area contributed by atoms with Gasteiger partial charge in [0.25, 0.3) is 0 Å². The maximum Gasteiger partial charge on any atom is 0.137 e. The molecule has 4 heteroatoms. The van der Waals surface area contributed by atoms with Gasteiger partial charge in [-0.05, 0) is 53.0 Å². The van der Waals surface area contributed by atoms with Gasteiger partial charge in [0.15, 0.2) is 0 Å². The van der Waals surface area contributed by atoms with Gasteiger partial charge in [0.2, 0.25) is 0 Å². The summed E-state index contributed by atoms with van der Waals surface area (Å²) >= 11 is 2.92. The molecule has 0 bridgehead atoms. The first-order chi connectivity index (χ1) is 9.38. The van der Waals surface area contributed by atoms with E-state index in [1.807, 2.05) is 32.0 Å². The highest BCUT2D eigenvalue weighted by molar-refractivity contribution is 9.10. The lowest BCUT2D eigenvalue weighted by Crippen LogP contribution is -2.06. The molecule has 0 saturated carbocycles. The Kier molecular flexibility index (Phi) is 4.55. The number of hydrogen-bond donors (Lipinski definition) is 1. The zero-order valence-electron chi connectivity index (χ0n) is 11.3. The Balaban J connectivity index is 2.30. The molecule has 1 unspecified atom stereocenters. The van der Waals surface area contributed by atoms with Crippen LogP contribution in [0.25, 0.3) is 0 Å². The van der Waals surface area contributed by atoms with Crippen LogP contribution in [0.5, 0.6) is 0 Å². The summed E-state index contributed by atoms with van der Waals surface area (Å²) in [6.07, 6.45) is -0.816. The molecule has 1 N–H and O–H groups in total. The van der Waals surface area contributed by atoms with Crippen LogP contribution in [0.2, 0.25) is 0 Å². The first-order valence-corrected chi connectivity index (χ1v) is 7.06. The quantitative estimate of drug-likeness (QED) is 0.808. The summed E-state index contributed by atoms with van der Waals surface area (Å²) in [6.45, 7) is 3.88. The minimum Gasteiger partial charge on any atom is -0.388 e. The molecule has 0 amide bonds. The van der Waals surface area contributed by atoms with Gasteiger partial charge in [-0.25, -0.2) is 8.78 Å². The van der Waals surface area contributed by atoms with Gasteiger partial charge in [-0.1, -0.05) is 23.8 Å². The molecule has 0 aliphatic carbocycles. The normalized spacial score (nSPS) is 12.5. The Morgan fingerprint density at radius 3 is 2.50 bits per heavy atom. The largest absolute Gasteiger partial charge is 0.388 e. The predicted molar refractivity (Wildman–Crippen MR) is 78.6 cm³/mol. The maximum absolute atomic E-state index is 13.8. The van der Waals surface area contributed by atoms with Crippen LogP contribution >= 0.6 is 15.9 Å². The second-order valence-corrected chi connectivity index (χ2v) is 5.79. The fourth-order valence-electron chi connectivity index (χ4n) is 2.13. The molecule has 0 fully saturated rings. The van der Waals surface area contributed by atoms with Crippen LogP contribution in [0.15, 0.2) is 34.8 Å². The van der Waals surface area contributed by atoms with Crippen LogP contribution in [0.4, 0.5) is 8.78 Å². The minimum atomic E-state index is -1.07. The third kappa shape index (κ3) is 3.25. The summed E-state index contributed by atoms with van der Waals surface area (Å²) in [4.78, 5) is 0. The van der Waals surface area contributed by atoms with Gasteiger partial charge >= 0.3 is 0 Å². The second-order valence-electron chi connectivity index (χ2n) is 4.94. The highest BCUT2D eigenvalue weighted by Gasteiger charge is 2.17. The molecule has 2 rings (SSSR count). The molecule has 0 spiro atoms. The number of aryl methyl sites for hydroxylation is 2. The first kappa shape index (κ1) is 15.1. The number of aliphatic hydroxyl groups is 1. The summed E-state index contributed by atoms with van der Waals surface area (Å²) < 4.78 is 27.3. The first-order valence-electron chi connectivity index (χ1n) is 6.27. The maximum atomic E-state index is 13.8. The smallest absolute Gasteiger partial charge is 0.137 e. The third-order valence-corrected chi connectivity index (χ3v) is 3.92. The van der Waals surface area contributed by atoms with E-state index < -0.39 is 17.7 Å². The lowest BCUT2D eigenvalue weighted by atomic mass is 9.96. The average molecular weight is 341 g/mol. The zero-order chi connectivity index (χ0) is 14.9. The van der Waals surface area contributed by atoms with Crippen molar-refractivity contribution >= 4 is 15.9 Å². The van der Waals surface area contributed by atoms with Crippen molar-refractivity contribution in [3.63, 3.8) is 0 Å². The van der Waals surface area contributed by atoms with Crippen LogP contribution in [0.1, 0.15) is 28.4 Å². The molecule has 20 heavy (non-hydrogen) atoms. The van der Waals surface area contributed by atoms with Gasteiger partial charge < -0.3 is 5.11 Å². The summed E-state index contributed by atoms with van der Waals surface area (Å²) in [5, 5.41) is 10.2. The van der Waals surface area contributed by atoms with Crippen molar-refractivity contribution in [2.24, 2.45) is 0 Å². The fourth-order valence-corrected chi connectivity index (χ4v) is 2.45. The SMILES string of the molecule is Cc1ccc(C)c(CC(O)c2cc(F)c(Br)cc2F)c1. The van der Waals surface area contributed by atoms with Gasteiger partial charge in [-0.2, -0.15) is 0 Å². The molecule has 0 aromatic heterocycles. The van der Waals surface area contributed by atoms with E-state index in [0.717, 1.165) is 28.8 Å². The van der Waals surface area contributed by atoms with Crippen LogP contribution in [-0.4, -0.2) is 5.11 Å². The van der Waals surface area contributed by atoms with Crippen molar-refractivity contribution < 1.29 is 13.9 Å². The number of aliphatic hydroxyl groups excluding tert-OH is 1. The standard InChI is InChI=1S/C16H15BrF2O/c1-9-3-4-10(2)11(5-9)6-16(20)12-7-15(19)13(17)8-14(12)18/h3-5,7-8,16,20H,6H2,1-2H3. The van der Waals surface area contributed by atoms with Gasteiger partial charge in [-0.15, -0.1) is 0 Å². The van der Waals surface area contributed by atoms with E-state index in [4.69, 9.17) is 0 Å². The Labute approximate surface area is 125 Å². The second kappa shape index (κ2) is 6.02. The fraction of sp³-hybridized carbons (Fsp3) is 0.250. The van der Waals surface area contributed by atoms with Crippen LogP contribution in [0.3, 0.4) is 0 Å². The Morgan fingerprint density at radius 2 is 1.80 bits per heavy atom. The molecule has 0 heterocycles. The van der Waals surface area contributed by atoms with Crippen LogP contribution < -0.4 is 0 Å². The van der Waals surface area contributed by atoms with Crippen LogP contribution in [-0.2, 0) is 6.42 Å². The molecule has 0 aliphatic rings. The van der Waals surface area contributed by atoms with E-state index in [1.165, 1.54) is 0 Å². The lowest BCUT2D eigenvalue weighted by molar-refractivity contribution is 0.173. The Hall–Kier alpha value is -1.26. The highest BCUT2D eigenvalue weighted by atomic mass is 79.9. The molecule has 0 aliphatic heterocycles. The van der Waals surface area contributed by atoms with Crippen molar-refractivity contribution in [3.05, 3.63) is 68.7 Å². The average Bonchev–Trinajstić information content (AvgIpc) is 2.38. The van der Waals surface area contributed by atoms with E-state index >= 15 is 0 Å². The predicted octanol–water partition coefficient (Wildman–Crippen LogP) is 4.62. The van der Waals surface area contributed by atoms with Gasteiger partial charge in [-0.3, -0.25) is 0 Å². The number of benzene rings is 2. The summed E-state index contributed by atoms with van der Waals surface area (Å²) in [5.41, 5.74) is 3.00. The Bertz CT molecular complexity index is 641. The monoisotopic (exact) mass is 340 g/mol. The third-order valence-electron chi connectivity index (χ3n) is 3.32. The van der Waals surface area contributed by atoms with Crippen molar-refractivity contribution in [1.29, 1.82) is 0 Å². The molecule has 2 aromatic rings. The summed E-state index contributed by atoms with van der Waals surface area (Å²) in [5.74, 6) is -1.20. The van der Waals surface area contributed by atoms with Crippen molar-refractivity contribution in [1.82, 2.24) is 0 Å². The molecule has 1 nitrogen and oxygen atoms in total. The van der Waals surface area contributed by atoms with E-state index in [2.05, 4.69) is 15.9 Å². The van der Waals surface area contributed by atoms with Gasteiger partial charge in [0, 0.05) is 12.0 Å². The van der Waals surface area contributed by atoms with E-state index in [0.29, 0.717) is 0 Å². The van der Waals surface area contributed by atoms with Crippen molar-refractivity contribution in [2.45, 2.75) is 26.4 Å². The summed E-state index contributed by atoms with van der Waals surface area (Å²) in [7, 11) is 0. The number of hydrogen-bond acceptors (Lipinski definition) is 1. The summed E-state index contributed by atoms with van der Waals surface area (Å²) in [6, 6.07) is 7.96. The minimum absolute atomic E-state index is 0.0217. The van der Waals surface area contributed by atoms with Gasteiger partial charge in [0.1, 0.15) is 11.6 Å². The zero-order valence-corrected chi connectivity index (χ0v) is 12.8. The number of halogens is 3. The van der Waals surface area contributed by atoms with Crippen molar-refractivity contribution in [2.75, 3.05) is 0 Å². The van der Waals surface area contributed by atoms with E-state index in [-0.39, 0.29) is 16.5 Å². The number of rotatable bonds is 3. The van der Waals surface area contributed by atoms with Crippen molar-refractivity contribution in [3.8, 4) is 0 Å². The van der Waals surface area contributed by atoms with E-state index in [1.54, 1.807) is 0 Å².